The van der Waals surface area contributed by atoms with Gasteiger partial charge in [0.15, 0.2) is 0 Å². The van der Waals surface area contributed by atoms with Crippen molar-refractivity contribution in [2.24, 2.45) is 0 Å². The second-order valence-electron chi connectivity index (χ2n) is 5.30. The number of nitrogens with zero attached hydrogens (tertiary/aromatic N) is 2. The summed E-state index contributed by atoms with van der Waals surface area (Å²) < 4.78 is 2.48. The second kappa shape index (κ2) is 4.43. The number of nitro groups is 1. The Labute approximate surface area is 125 Å². The van der Waals surface area contributed by atoms with E-state index in [0.29, 0.717) is 0 Å². The number of hydrogen-bond acceptors (Lipinski definition) is 4. The Morgan fingerprint density at radius 1 is 1.30 bits per heavy atom. The van der Waals surface area contributed by atoms with E-state index < -0.39 is 0 Å². The number of aromatic nitrogens is 1. The molecular weight excluding hydrogens is 292 g/mol. The lowest BCUT2D eigenvalue weighted by molar-refractivity contribution is -0.383. The Balaban J connectivity index is 1.91. The third-order valence-corrected chi connectivity index (χ3v) is 7.72. The van der Waals surface area contributed by atoms with Crippen LogP contribution >= 0.6 is 23.5 Å². The quantitative estimate of drug-likeness (QED) is 0.596. The third-order valence-electron chi connectivity index (χ3n) is 4.19. The minimum Gasteiger partial charge on any atom is -0.350 e. The van der Waals surface area contributed by atoms with Gasteiger partial charge in [-0.1, -0.05) is 12.1 Å². The van der Waals surface area contributed by atoms with Crippen LogP contribution in [0.4, 0.5) is 5.69 Å². The molecular formula is C14H14N2O2S2. The smallest absolute Gasteiger partial charge is 0.279 e. The van der Waals surface area contributed by atoms with Gasteiger partial charge in [-0.3, -0.25) is 10.1 Å². The van der Waals surface area contributed by atoms with Gasteiger partial charge >= 0.3 is 0 Å². The van der Waals surface area contributed by atoms with E-state index >= 15 is 0 Å². The van der Waals surface area contributed by atoms with Crippen LogP contribution in [0.5, 0.6) is 0 Å². The van der Waals surface area contributed by atoms with Crippen molar-refractivity contribution in [1.82, 2.24) is 4.57 Å². The van der Waals surface area contributed by atoms with Crippen molar-refractivity contribution in [2.75, 3.05) is 11.5 Å². The van der Waals surface area contributed by atoms with Crippen molar-refractivity contribution < 1.29 is 4.92 Å². The summed E-state index contributed by atoms with van der Waals surface area (Å²) in [4.78, 5) is 11.0. The Kier molecular flexibility index (Phi) is 2.79. The molecule has 1 saturated heterocycles. The fraction of sp³-hybridized carbons (Fsp3) is 0.429. The minimum absolute atomic E-state index is 0.251. The van der Waals surface area contributed by atoms with E-state index in [2.05, 4.69) is 10.8 Å². The number of nitro benzene ring substituents is 1. The molecule has 0 amide bonds. The molecule has 104 valence electrons. The maximum absolute atomic E-state index is 11.3. The van der Waals surface area contributed by atoms with Crippen molar-refractivity contribution in [3.63, 3.8) is 0 Å². The predicted octanol–water partition coefficient (Wildman–Crippen LogP) is 3.67. The molecule has 1 spiro atoms. The molecule has 2 aliphatic rings. The van der Waals surface area contributed by atoms with Crippen molar-refractivity contribution in [3.05, 3.63) is 40.2 Å². The van der Waals surface area contributed by atoms with Gasteiger partial charge < -0.3 is 4.57 Å². The van der Waals surface area contributed by atoms with Crippen LogP contribution in [0.3, 0.4) is 0 Å². The summed E-state index contributed by atoms with van der Waals surface area (Å²) in [7, 11) is 0. The molecule has 0 N–H and O–H groups in total. The van der Waals surface area contributed by atoms with Crippen molar-refractivity contribution >= 4 is 40.0 Å². The van der Waals surface area contributed by atoms with Crippen LogP contribution in [0.1, 0.15) is 12.1 Å². The summed E-state index contributed by atoms with van der Waals surface area (Å²) in [6.45, 7) is 0.973. The fourth-order valence-electron chi connectivity index (χ4n) is 3.29. The average molecular weight is 306 g/mol. The lowest BCUT2D eigenvalue weighted by atomic mass is 10.0. The molecule has 1 fully saturated rings. The Morgan fingerprint density at radius 3 is 2.85 bits per heavy atom. The van der Waals surface area contributed by atoms with Gasteiger partial charge in [-0.2, -0.15) is 0 Å². The molecule has 1 aromatic carbocycles. The maximum atomic E-state index is 11.3. The van der Waals surface area contributed by atoms with E-state index in [1.165, 1.54) is 11.5 Å². The molecule has 6 heteroatoms. The standard InChI is InChI=1S/C14H14N2O2S2/c17-16(18)11-3-1-2-10-9-15-5-4-14(19-6-7-20-14)8-12(15)13(10)11/h1-3,9H,4-8H2. The van der Waals surface area contributed by atoms with Gasteiger partial charge in [-0.25, -0.2) is 0 Å². The summed E-state index contributed by atoms with van der Waals surface area (Å²) in [5.74, 6) is 2.40. The van der Waals surface area contributed by atoms with E-state index in [1.807, 2.05) is 29.6 Å². The molecule has 0 unspecified atom stereocenters. The van der Waals surface area contributed by atoms with Crippen LogP contribution in [0, 0.1) is 10.1 Å². The molecule has 2 aromatic rings. The van der Waals surface area contributed by atoms with Gasteiger partial charge in [0.1, 0.15) is 0 Å². The highest BCUT2D eigenvalue weighted by molar-refractivity contribution is 8.21. The first kappa shape index (κ1) is 12.6. The Bertz CT molecular complexity index is 705. The van der Waals surface area contributed by atoms with Crippen LogP contribution in [-0.4, -0.2) is 25.1 Å². The van der Waals surface area contributed by atoms with Gasteiger partial charge in [0, 0.05) is 47.8 Å². The minimum atomic E-state index is -0.251. The first-order valence-electron chi connectivity index (χ1n) is 6.72. The highest BCUT2D eigenvalue weighted by Gasteiger charge is 2.40. The number of rotatable bonds is 1. The first-order valence-corrected chi connectivity index (χ1v) is 8.69. The fourth-order valence-corrected chi connectivity index (χ4v) is 6.48. The zero-order valence-corrected chi connectivity index (χ0v) is 12.5. The van der Waals surface area contributed by atoms with Gasteiger partial charge in [0.2, 0.25) is 0 Å². The monoisotopic (exact) mass is 306 g/mol. The van der Waals surface area contributed by atoms with E-state index in [0.717, 1.165) is 35.9 Å². The number of hydrogen-bond donors (Lipinski definition) is 0. The van der Waals surface area contributed by atoms with Crippen LogP contribution in [-0.2, 0) is 13.0 Å². The lowest BCUT2D eigenvalue weighted by Gasteiger charge is -2.32. The summed E-state index contributed by atoms with van der Waals surface area (Å²) in [5.41, 5.74) is 1.40. The summed E-state index contributed by atoms with van der Waals surface area (Å²) in [6.07, 6.45) is 4.18. The maximum Gasteiger partial charge on any atom is 0.279 e. The molecule has 0 radical (unpaired) electrons. The number of benzene rings is 1. The normalized spacial score (nSPS) is 20.4. The summed E-state index contributed by atoms with van der Waals surface area (Å²) in [5, 5.41) is 13.1. The molecule has 1 aromatic heterocycles. The summed E-state index contributed by atoms with van der Waals surface area (Å²) >= 11 is 4.07. The molecule has 2 aliphatic heterocycles. The average Bonchev–Trinajstić information content (AvgIpc) is 3.03. The van der Waals surface area contributed by atoms with Gasteiger partial charge in [0.25, 0.3) is 5.69 Å². The molecule has 0 bridgehead atoms. The van der Waals surface area contributed by atoms with E-state index in [-0.39, 0.29) is 14.7 Å². The van der Waals surface area contributed by atoms with Gasteiger partial charge in [-0.15, -0.1) is 23.5 Å². The molecule has 0 aliphatic carbocycles. The predicted molar refractivity (Wildman–Crippen MR) is 84.6 cm³/mol. The van der Waals surface area contributed by atoms with Crippen molar-refractivity contribution in [3.8, 4) is 0 Å². The largest absolute Gasteiger partial charge is 0.350 e. The van der Waals surface area contributed by atoms with E-state index in [1.54, 1.807) is 12.1 Å². The van der Waals surface area contributed by atoms with Crippen molar-refractivity contribution in [1.29, 1.82) is 0 Å². The van der Waals surface area contributed by atoms with Crippen LogP contribution in [0.15, 0.2) is 24.4 Å². The zero-order valence-electron chi connectivity index (χ0n) is 10.9. The van der Waals surface area contributed by atoms with Gasteiger partial charge in [0.05, 0.1) is 14.4 Å². The molecule has 0 saturated carbocycles. The Hall–Kier alpha value is -1.14. The van der Waals surface area contributed by atoms with Gasteiger partial charge in [-0.05, 0) is 6.42 Å². The number of thioether (sulfide) groups is 2. The lowest BCUT2D eigenvalue weighted by Crippen LogP contribution is -2.29. The summed E-state index contributed by atoms with van der Waals surface area (Å²) in [6, 6.07) is 5.38. The first-order chi connectivity index (χ1) is 9.69. The van der Waals surface area contributed by atoms with Crippen LogP contribution in [0.25, 0.3) is 10.8 Å². The Morgan fingerprint density at radius 2 is 2.10 bits per heavy atom. The van der Waals surface area contributed by atoms with Crippen LogP contribution in [0.2, 0.25) is 0 Å². The topological polar surface area (TPSA) is 48.1 Å². The van der Waals surface area contributed by atoms with Crippen molar-refractivity contribution in [2.45, 2.75) is 23.5 Å². The molecule has 4 nitrogen and oxygen atoms in total. The van der Waals surface area contributed by atoms with E-state index in [4.69, 9.17) is 0 Å². The number of non-ortho nitro benzene ring substituents is 1. The number of aryl methyl sites for hydroxylation is 1. The highest BCUT2D eigenvalue weighted by Crippen LogP contribution is 2.52. The zero-order chi connectivity index (χ0) is 13.7. The highest BCUT2D eigenvalue weighted by atomic mass is 32.2. The SMILES string of the molecule is O=[N+]([O-])c1cccc2cn3c(c12)CC1(CC3)SCCS1. The molecule has 0 atom stereocenters. The molecule has 3 heterocycles. The molecule has 20 heavy (non-hydrogen) atoms. The van der Waals surface area contributed by atoms with Crippen LogP contribution < -0.4 is 0 Å². The van der Waals surface area contributed by atoms with E-state index in [9.17, 15) is 10.1 Å². The number of fused-ring (bicyclic) bond motifs is 3. The second-order valence-corrected chi connectivity index (χ2v) is 8.52. The molecule has 4 rings (SSSR count). The third kappa shape index (κ3) is 1.78.